The Hall–Kier alpha value is -4.48. The third-order valence-corrected chi connectivity index (χ3v) is 8.54. The van der Waals surface area contributed by atoms with Crippen molar-refractivity contribution in [2.24, 2.45) is 0 Å². The van der Waals surface area contributed by atoms with Gasteiger partial charge in [-0.3, -0.25) is 9.36 Å². The van der Waals surface area contributed by atoms with Gasteiger partial charge in [-0.05, 0) is 62.7 Å². The maximum Gasteiger partial charge on any atom is 0.419 e. The number of benzene rings is 2. The van der Waals surface area contributed by atoms with Gasteiger partial charge in [0, 0.05) is 26.3 Å². The lowest BCUT2D eigenvalue weighted by Gasteiger charge is -2.21. The molecule has 0 spiro atoms. The zero-order valence-corrected chi connectivity index (χ0v) is 27.8. The molecule has 238 valence electrons. The molecule has 4 rings (SSSR count). The van der Waals surface area contributed by atoms with E-state index in [2.05, 4.69) is 19.6 Å². The number of rotatable bonds is 10. The number of fused-ring (bicyclic) bond motifs is 1. The summed E-state index contributed by atoms with van der Waals surface area (Å²) in [7, 11) is -0.128. The van der Waals surface area contributed by atoms with E-state index >= 15 is 0 Å². The number of nitrogens with zero attached hydrogens (tertiary/aromatic N) is 2. The van der Waals surface area contributed by atoms with E-state index in [1.807, 2.05) is 30.3 Å². The second kappa shape index (κ2) is 13.7. The average Bonchev–Trinajstić information content (AvgIpc) is 3.36. The average molecular weight is 633 g/mol. The van der Waals surface area contributed by atoms with Crippen LogP contribution in [0.15, 0.2) is 71.7 Å². The second-order valence-electron chi connectivity index (χ2n) is 12.9. The fourth-order valence-corrected chi connectivity index (χ4v) is 5.29. The number of ether oxygens (including phenoxy) is 4. The molecular weight excluding hydrogens is 592 g/mol. The number of carbonyl (C=O) groups is 3. The van der Waals surface area contributed by atoms with Gasteiger partial charge in [0.1, 0.15) is 18.9 Å². The third-order valence-electron chi connectivity index (χ3n) is 6.84. The van der Waals surface area contributed by atoms with E-state index in [9.17, 15) is 19.2 Å². The van der Waals surface area contributed by atoms with Gasteiger partial charge in [-0.25, -0.2) is 19.0 Å². The van der Waals surface area contributed by atoms with Gasteiger partial charge in [0.05, 0.1) is 35.0 Å². The van der Waals surface area contributed by atoms with Crippen molar-refractivity contribution in [1.29, 1.82) is 0 Å². The molecule has 10 nitrogen and oxygen atoms in total. The highest BCUT2D eigenvalue weighted by Crippen LogP contribution is 2.30. The first-order chi connectivity index (χ1) is 21.2. The summed E-state index contributed by atoms with van der Waals surface area (Å²) in [5, 5.41) is 0.492. The lowest BCUT2D eigenvalue weighted by Crippen LogP contribution is -2.29. The molecule has 11 heteroatoms. The zero-order valence-electron chi connectivity index (χ0n) is 26.8. The Kier molecular flexibility index (Phi) is 10.1. The van der Waals surface area contributed by atoms with Crippen LogP contribution >= 0.6 is 0 Å². The maximum atomic E-state index is 13.9. The number of aromatic nitrogens is 2. The van der Waals surface area contributed by atoms with Crippen LogP contribution in [0.2, 0.25) is 25.7 Å². The molecule has 0 amide bonds. The van der Waals surface area contributed by atoms with Gasteiger partial charge in [0.2, 0.25) is 0 Å². The van der Waals surface area contributed by atoms with Gasteiger partial charge in [-0.2, -0.15) is 0 Å². The van der Waals surface area contributed by atoms with Gasteiger partial charge >= 0.3 is 18.0 Å². The quantitative estimate of drug-likeness (QED) is 0.0820. The largest absolute Gasteiger partial charge is 0.465 e. The Bertz CT molecular complexity index is 1760. The summed E-state index contributed by atoms with van der Waals surface area (Å²) in [5.74, 6) is -1.20. The molecule has 0 N–H and O–H groups in total. The summed E-state index contributed by atoms with van der Waals surface area (Å²) >= 11 is 0. The van der Waals surface area contributed by atoms with Crippen molar-refractivity contribution < 1.29 is 33.3 Å². The van der Waals surface area contributed by atoms with Gasteiger partial charge in [-0.1, -0.05) is 50.0 Å². The Morgan fingerprint density at radius 2 is 1.60 bits per heavy atom. The number of carbonyl (C=O) groups excluding carboxylic acids is 3. The Morgan fingerprint density at radius 3 is 2.24 bits per heavy atom. The monoisotopic (exact) mass is 632 g/mol. The smallest absolute Gasteiger partial charge is 0.419 e. The van der Waals surface area contributed by atoms with Crippen LogP contribution in [0.25, 0.3) is 22.2 Å². The SMILES string of the molecule is COC(=O)c1cc(-c2cc3cc(C(=O)OCc4ccccc4)ccc3n2C(=O)OC(C)(C)C)c(=O)n(COCC[Si](C)(C)C)c1. The van der Waals surface area contributed by atoms with E-state index in [1.165, 1.54) is 28.5 Å². The summed E-state index contributed by atoms with van der Waals surface area (Å²) in [4.78, 5) is 53.1. The van der Waals surface area contributed by atoms with Crippen molar-refractivity contribution in [2.45, 2.75) is 65.4 Å². The third kappa shape index (κ3) is 8.58. The summed E-state index contributed by atoms with van der Waals surface area (Å²) in [6.45, 7) is 12.3. The first-order valence-corrected chi connectivity index (χ1v) is 18.4. The minimum absolute atomic E-state index is 0.0574. The summed E-state index contributed by atoms with van der Waals surface area (Å²) in [6.07, 6.45) is 0.653. The highest BCUT2D eigenvalue weighted by atomic mass is 28.3. The van der Waals surface area contributed by atoms with Crippen molar-refractivity contribution in [3.8, 4) is 11.3 Å². The minimum atomic E-state index is -1.38. The number of methoxy groups -OCH3 is 1. The molecule has 0 fully saturated rings. The molecule has 0 aliphatic heterocycles. The summed E-state index contributed by atoms with van der Waals surface area (Å²) in [6, 6.07) is 18.0. The van der Waals surface area contributed by atoms with Gasteiger partial charge in [0.15, 0.2) is 0 Å². The molecule has 0 radical (unpaired) electrons. The van der Waals surface area contributed by atoms with E-state index in [0.717, 1.165) is 11.6 Å². The van der Waals surface area contributed by atoms with E-state index in [-0.39, 0.29) is 35.7 Å². The Labute approximate surface area is 263 Å². The summed E-state index contributed by atoms with van der Waals surface area (Å²) < 4.78 is 24.6. The van der Waals surface area contributed by atoms with Crippen LogP contribution in [0.1, 0.15) is 47.1 Å². The van der Waals surface area contributed by atoms with Crippen LogP contribution < -0.4 is 5.56 Å². The molecule has 2 aromatic carbocycles. The fourth-order valence-electron chi connectivity index (χ4n) is 4.54. The summed E-state index contributed by atoms with van der Waals surface area (Å²) in [5.41, 5.74) is 0.532. The van der Waals surface area contributed by atoms with Crippen molar-refractivity contribution in [1.82, 2.24) is 9.13 Å². The lowest BCUT2D eigenvalue weighted by atomic mass is 10.1. The molecule has 4 aromatic rings. The number of esters is 2. The molecular formula is C34H40N2O8Si. The predicted octanol–water partition coefficient (Wildman–Crippen LogP) is 6.71. The predicted molar refractivity (Wildman–Crippen MR) is 174 cm³/mol. The fraction of sp³-hybridized carbons (Fsp3) is 0.353. The Morgan fingerprint density at radius 1 is 0.889 bits per heavy atom. The van der Waals surface area contributed by atoms with Gasteiger partial charge in [0.25, 0.3) is 5.56 Å². The van der Waals surface area contributed by atoms with Crippen molar-refractivity contribution in [2.75, 3.05) is 13.7 Å². The molecule has 0 unspecified atom stereocenters. The van der Waals surface area contributed by atoms with Crippen molar-refractivity contribution >= 4 is 37.0 Å². The van der Waals surface area contributed by atoms with Crippen molar-refractivity contribution in [3.05, 3.63) is 93.9 Å². The number of hydrogen-bond donors (Lipinski definition) is 0. The van der Waals surface area contributed by atoms with Crippen LogP contribution in [0.5, 0.6) is 0 Å². The molecule has 0 aliphatic rings. The van der Waals surface area contributed by atoms with Crippen LogP contribution in [-0.4, -0.2) is 54.6 Å². The van der Waals surface area contributed by atoms with E-state index in [0.29, 0.717) is 17.5 Å². The van der Waals surface area contributed by atoms with E-state index in [4.69, 9.17) is 18.9 Å². The molecule has 2 aromatic heterocycles. The Balaban J connectivity index is 1.80. The van der Waals surface area contributed by atoms with Gasteiger partial charge in [-0.15, -0.1) is 0 Å². The van der Waals surface area contributed by atoms with Crippen LogP contribution in [0.3, 0.4) is 0 Å². The standard InChI is InChI=1S/C34H40N2O8Si/c1-34(2,3)44-33(40)36-28-14-13-24(32(39)43-21-23-11-9-8-10-12-23)17-25(28)19-29(36)27-18-26(31(38)41-4)20-35(30(27)37)22-42-15-16-45(5,6)7/h8-14,17-20H,15-16,21-22H2,1-7H3. The van der Waals surface area contributed by atoms with Crippen molar-refractivity contribution in [3.63, 3.8) is 0 Å². The normalized spacial score (nSPS) is 11.8. The number of hydrogen-bond acceptors (Lipinski definition) is 8. The second-order valence-corrected chi connectivity index (χ2v) is 18.6. The highest BCUT2D eigenvalue weighted by Gasteiger charge is 2.26. The molecule has 0 aliphatic carbocycles. The highest BCUT2D eigenvalue weighted by molar-refractivity contribution is 6.76. The molecule has 0 bridgehead atoms. The van der Waals surface area contributed by atoms with E-state index < -0.39 is 37.3 Å². The van der Waals surface area contributed by atoms with Crippen LogP contribution in [0, 0.1) is 0 Å². The van der Waals surface area contributed by atoms with E-state index in [1.54, 1.807) is 45.0 Å². The molecule has 2 heterocycles. The maximum absolute atomic E-state index is 13.9. The zero-order chi connectivity index (χ0) is 32.9. The molecule has 0 saturated heterocycles. The first kappa shape index (κ1) is 33.4. The van der Waals surface area contributed by atoms with Gasteiger partial charge < -0.3 is 18.9 Å². The topological polar surface area (TPSA) is 115 Å². The van der Waals surface area contributed by atoms with Crippen LogP contribution in [0.4, 0.5) is 4.79 Å². The molecule has 0 atom stereocenters. The first-order valence-electron chi connectivity index (χ1n) is 14.7. The van der Waals surface area contributed by atoms with Crippen LogP contribution in [-0.2, 0) is 32.3 Å². The minimum Gasteiger partial charge on any atom is -0.465 e. The lowest BCUT2D eigenvalue weighted by molar-refractivity contribution is 0.0471. The molecule has 0 saturated carbocycles. The molecule has 45 heavy (non-hydrogen) atoms. The number of pyridine rings is 1.